The van der Waals surface area contributed by atoms with Crippen LogP contribution < -0.4 is 4.74 Å². The van der Waals surface area contributed by atoms with E-state index in [4.69, 9.17) is 16.7 Å². The molecule has 1 N–H and O–H groups in total. The second-order valence-electron chi connectivity index (χ2n) is 5.67. The van der Waals surface area contributed by atoms with Crippen LogP contribution in [0.15, 0.2) is 23.1 Å². The summed E-state index contributed by atoms with van der Waals surface area (Å²) in [5, 5.41) is 8.88. The first-order valence-corrected chi connectivity index (χ1v) is 8.90. The van der Waals surface area contributed by atoms with E-state index < -0.39 is 28.5 Å². The van der Waals surface area contributed by atoms with Crippen LogP contribution in [0.5, 0.6) is 5.75 Å². The van der Waals surface area contributed by atoms with Crippen LogP contribution >= 0.6 is 11.6 Å². The first-order valence-electron chi connectivity index (χ1n) is 7.08. The monoisotopic (exact) mass is 383 g/mol. The number of carboxylic acid groups (broad SMARTS) is 1. The SMILES string of the molecule is CC1CC(C(=O)O)CN(S(=O)(=O)c2ccc(OC(F)F)c(Cl)c2)C1. The van der Waals surface area contributed by atoms with Gasteiger partial charge in [-0.15, -0.1) is 0 Å². The standard InChI is InChI=1S/C14H16ClF2NO5S/c1-8-4-9(13(19)20)7-18(6-8)24(21,22)10-2-3-12(11(15)5-10)23-14(16)17/h2-3,5,8-9,14H,4,6-7H2,1H3,(H,19,20). The molecule has 1 aliphatic heterocycles. The van der Waals surface area contributed by atoms with Crippen molar-refractivity contribution in [1.29, 1.82) is 0 Å². The first-order chi connectivity index (χ1) is 11.1. The largest absolute Gasteiger partial charge is 0.481 e. The molecule has 0 amide bonds. The van der Waals surface area contributed by atoms with E-state index in [1.165, 1.54) is 0 Å². The molecule has 2 unspecified atom stereocenters. The number of rotatable bonds is 5. The third-order valence-electron chi connectivity index (χ3n) is 3.73. The minimum atomic E-state index is -3.99. The summed E-state index contributed by atoms with van der Waals surface area (Å²) in [5.41, 5.74) is 0. The highest BCUT2D eigenvalue weighted by atomic mass is 35.5. The van der Waals surface area contributed by atoms with Gasteiger partial charge in [-0.3, -0.25) is 4.79 Å². The molecular weight excluding hydrogens is 368 g/mol. The molecule has 0 aliphatic carbocycles. The fourth-order valence-electron chi connectivity index (χ4n) is 2.66. The molecule has 0 bridgehead atoms. The van der Waals surface area contributed by atoms with Gasteiger partial charge < -0.3 is 9.84 Å². The van der Waals surface area contributed by atoms with Crippen LogP contribution in [-0.4, -0.2) is 43.5 Å². The Balaban J connectivity index is 2.29. The fourth-order valence-corrected chi connectivity index (χ4v) is 4.58. The Morgan fingerprint density at radius 3 is 2.62 bits per heavy atom. The highest BCUT2D eigenvalue weighted by molar-refractivity contribution is 7.89. The second-order valence-corrected chi connectivity index (χ2v) is 8.01. The Labute approximate surface area is 143 Å². The number of ether oxygens (including phenoxy) is 1. The molecule has 24 heavy (non-hydrogen) atoms. The second kappa shape index (κ2) is 7.20. The molecule has 1 aromatic rings. The van der Waals surface area contributed by atoms with Crippen molar-refractivity contribution in [2.75, 3.05) is 13.1 Å². The number of hydrogen-bond donors (Lipinski definition) is 1. The number of piperidine rings is 1. The van der Waals surface area contributed by atoms with E-state index in [0.717, 1.165) is 22.5 Å². The van der Waals surface area contributed by atoms with Gasteiger partial charge in [0.15, 0.2) is 0 Å². The lowest BCUT2D eigenvalue weighted by atomic mass is 9.92. The zero-order valence-electron chi connectivity index (χ0n) is 12.7. The lowest BCUT2D eigenvalue weighted by molar-refractivity contribution is -0.143. The third-order valence-corrected chi connectivity index (χ3v) is 5.86. The van der Waals surface area contributed by atoms with Crippen molar-refractivity contribution >= 4 is 27.6 Å². The molecule has 0 aromatic heterocycles. The molecule has 134 valence electrons. The number of halogens is 3. The van der Waals surface area contributed by atoms with Crippen molar-refractivity contribution in [2.45, 2.75) is 24.9 Å². The Hall–Kier alpha value is -1.45. The quantitative estimate of drug-likeness (QED) is 0.845. The summed E-state index contributed by atoms with van der Waals surface area (Å²) >= 11 is 5.79. The molecule has 1 aromatic carbocycles. The first kappa shape index (κ1) is 18.9. The van der Waals surface area contributed by atoms with Crippen LogP contribution in [0.4, 0.5) is 8.78 Å². The van der Waals surface area contributed by atoms with Gasteiger partial charge in [-0.05, 0) is 30.5 Å². The smallest absolute Gasteiger partial charge is 0.387 e. The van der Waals surface area contributed by atoms with E-state index in [1.807, 2.05) is 0 Å². The molecule has 0 spiro atoms. The average molecular weight is 384 g/mol. The van der Waals surface area contributed by atoms with Gasteiger partial charge in [-0.1, -0.05) is 18.5 Å². The maximum Gasteiger partial charge on any atom is 0.387 e. The topological polar surface area (TPSA) is 83.9 Å². The Morgan fingerprint density at radius 1 is 1.42 bits per heavy atom. The van der Waals surface area contributed by atoms with Crippen molar-refractivity contribution in [3.8, 4) is 5.75 Å². The van der Waals surface area contributed by atoms with E-state index in [1.54, 1.807) is 6.92 Å². The average Bonchev–Trinajstić information content (AvgIpc) is 2.48. The van der Waals surface area contributed by atoms with Gasteiger partial charge in [0.05, 0.1) is 15.8 Å². The minimum Gasteiger partial charge on any atom is -0.481 e. The molecule has 1 heterocycles. The van der Waals surface area contributed by atoms with Crippen molar-refractivity contribution in [3.63, 3.8) is 0 Å². The van der Waals surface area contributed by atoms with E-state index >= 15 is 0 Å². The van der Waals surface area contributed by atoms with Gasteiger partial charge in [0, 0.05) is 13.1 Å². The van der Waals surface area contributed by atoms with Crippen LogP contribution in [0.3, 0.4) is 0 Å². The van der Waals surface area contributed by atoms with Crippen molar-refractivity contribution in [2.24, 2.45) is 11.8 Å². The summed E-state index contributed by atoms with van der Waals surface area (Å²) in [4.78, 5) is 11.0. The molecule has 0 saturated carbocycles. The normalized spacial score (nSPS) is 22.5. The lowest BCUT2D eigenvalue weighted by Crippen LogP contribution is -2.45. The zero-order chi connectivity index (χ0) is 18.1. The molecule has 0 radical (unpaired) electrons. The highest BCUT2D eigenvalue weighted by Gasteiger charge is 2.36. The molecule has 10 heteroatoms. The molecule has 6 nitrogen and oxygen atoms in total. The number of carboxylic acids is 1. The number of benzene rings is 1. The zero-order valence-corrected chi connectivity index (χ0v) is 14.2. The van der Waals surface area contributed by atoms with Crippen LogP contribution in [0.25, 0.3) is 0 Å². The van der Waals surface area contributed by atoms with Gasteiger partial charge in [-0.25, -0.2) is 8.42 Å². The molecular formula is C14H16ClF2NO5S. The number of carbonyl (C=O) groups is 1. The summed E-state index contributed by atoms with van der Waals surface area (Å²) in [6.45, 7) is -1.28. The summed E-state index contributed by atoms with van der Waals surface area (Å²) < 4.78 is 55.0. The summed E-state index contributed by atoms with van der Waals surface area (Å²) in [6, 6.07) is 3.17. The van der Waals surface area contributed by atoms with Crippen LogP contribution in [-0.2, 0) is 14.8 Å². The number of nitrogens with zero attached hydrogens (tertiary/aromatic N) is 1. The molecule has 2 rings (SSSR count). The van der Waals surface area contributed by atoms with Crippen molar-refractivity contribution in [3.05, 3.63) is 23.2 Å². The van der Waals surface area contributed by atoms with Crippen LogP contribution in [0.1, 0.15) is 13.3 Å². The molecule has 2 atom stereocenters. The van der Waals surface area contributed by atoms with E-state index in [9.17, 15) is 22.0 Å². The van der Waals surface area contributed by atoms with Gasteiger partial charge in [0.2, 0.25) is 10.0 Å². The minimum absolute atomic E-state index is 0.119. The molecule has 1 aliphatic rings. The highest BCUT2D eigenvalue weighted by Crippen LogP contribution is 2.32. The number of hydrogen-bond acceptors (Lipinski definition) is 4. The van der Waals surface area contributed by atoms with Crippen LogP contribution in [0.2, 0.25) is 5.02 Å². The Morgan fingerprint density at radius 2 is 2.08 bits per heavy atom. The Bertz CT molecular complexity index is 728. The van der Waals surface area contributed by atoms with E-state index in [2.05, 4.69) is 4.74 Å². The van der Waals surface area contributed by atoms with Crippen LogP contribution in [0, 0.1) is 11.8 Å². The molecule has 1 fully saturated rings. The number of aliphatic carboxylic acids is 1. The third kappa shape index (κ3) is 4.14. The number of sulfonamides is 1. The van der Waals surface area contributed by atoms with Gasteiger partial charge >= 0.3 is 12.6 Å². The fraction of sp³-hybridized carbons (Fsp3) is 0.500. The van der Waals surface area contributed by atoms with Gasteiger partial charge in [-0.2, -0.15) is 13.1 Å². The van der Waals surface area contributed by atoms with E-state index in [0.29, 0.717) is 6.42 Å². The summed E-state index contributed by atoms with van der Waals surface area (Å²) in [5.74, 6) is -2.30. The maximum absolute atomic E-state index is 12.7. The van der Waals surface area contributed by atoms with Crippen molar-refractivity contribution in [1.82, 2.24) is 4.31 Å². The van der Waals surface area contributed by atoms with Gasteiger partial charge in [0.25, 0.3) is 0 Å². The predicted octanol–water partition coefficient (Wildman–Crippen LogP) is 2.67. The maximum atomic E-state index is 12.7. The van der Waals surface area contributed by atoms with Crippen molar-refractivity contribution < 1.29 is 31.8 Å². The lowest BCUT2D eigenvalue weighted by Gasteiger charge is -2.33. The summed E-state index contributed by atoms with van der Waals surface area (Å²) in [7, 11) is -3.99. The van der Waals surface area contributed by atoms with Gasteiger partial charge in [0.1, 0.15) is 5.75 Å². The summed E-state index contributed by atoms with van der Waals surface area (Å²) in [6.07, 6.45) is 0.392. The number of alkyl halides is 2. The molecule has 1 saturated heterocycles. The predicted molar refractivity (Wildman–Crippen MR) is 81.7 cm³/mol. The van der Waals surface area contributed by atoms with E-state index in [-0.39, 0.29) is 34.7 Å². The Kier molecular flexibility index (Phi) is 5.67.